The van der Waals surface area contributed by atoms with Crippen molar-refractivity contribution in [3.63, 3.8) is 0 Å². The molecule has 1 saturated heterocycles. The molecular formula is C34H39N5O3. The van der Waals surface area contributed by atoms with E-state index in [9.17, 15) is 14.7 Å². The Morgan fingerprint density at radius 2 is 1.71 bits per heavy atom. The van der Waals surface area contributed by atoms with Gasteiger partial charge in [0.25, 0.3) is 11.8 Å². The smallest absolute Gasteiger partial charge is 0.254 e. The molecule has 4 aromatic rings. The average molecular weight is 566 g/mol. The molecular weight excluding hydrogens is 526 g/mol. The maximum atomic E-state index is 13.6. The van der Waals surface area contributed by atoms with E-state index in [-0.39, 0.29) is 17.9 Å². The van der Waals surface area contributed by atoms with Gasteiger partial charge in [0.2, 0.25) is 0 Å². The molecule has 0 spiro atoms. The first kappa shape index (κ1) is 29.2. The molecule has 8 nitrogen and oxygen atoms in total. The van der Waals surface area contributed by atoms with Crippen LogP contribution in [-0.4, -0.2) is 56.8 Å². The first-order chi connectivity index (χ1) is 20.5. The van der Waals surface area contributed by atoms with Crippen molar-refractivity contribution in [3.8, 4) is 0 Å². The van der Waals surface area contributed by atoms with E-state index in [2.05, 4.69) is 27.9 Å². The molecule has 0 saturated carbocycles. The number of nitrogens with one attached hydrogen (secondary N) is 2. The number of likely N-dealkylation sites (tertiary alicyclic amines) is 1. The van der Waals surface area contributed by atoms with Crippen LogP contribution in [0.4, 0.5) is 0 Å². The van der Waals surface area contributed by atoms with Gasteiger partial charge in [-0.1, -0.05) is 66.7 Å². The molecule has 0 bridgehead atoms. The van der Waals surface area contributed by atoms with Gasteiger partial charge in [0.15, 0.2) is 0 Å². The molecule has 218 valence electrons. The highest BCUT2D eigenvalue weighted by atomic mass is 16.3. The van der Waals surface area contributed by atoms with Crippen LogP contribution < -0.4 is 10.6 Å². The number of aromatic nitrogens is 2. The number of carbonyl (C=O) groups is 2. The first-order valence-electron chi connectivity index (χ1n) is 14.7. The number of amides is 2. The Hall–Kier alpha value is -4.27. The summed E-state index contributed by atoms with van der Waals surface area (Å²) in [7, 11) is 0. The molecule has 0 radical (unpaired) electrons. The predicted octanol–water partition coefficient (Wildman–Crippen LogP) is 4.37. The van der Waals surface area contributed by atoms with Crippen molar-refractivity contribution >= 4 is 11.8 Å². The first-order valence-corrected chi connectivity index (χ1v) is 14.7. The third-order valence-corrected chi connectivity index (χ3v) is 7.84. The summed E-state index contributed by atoms with van der Waals surface area (Å²) in [6, 6.07) is 26.3. The molecule has 3 atom stereocenters. The molecule has 1 aromatic heterocycles. The summed E-state index contributed by atoms with van der Waals surface area (Å²) in [6.07, 6.45) is 5.28. The van der Waals surface area contributed by atoms with Gasteiger partial charge in [0.1, 0.15) is 0 Å². The van der Waals surface area contributed by atoms with E-state index in [1.165, 1.54) is 0 Å². The molecule has 1 fully saturated rings. The summed E-state index contributed by atoms with van der Waals surface area (Å²) in [5, 5.41) is 21.8. The summed E-state index contributed by atoms with van der Waals surface area (Å²) >= 11 is 0. The Morgan fingerprint density at radius 3 is 2.45 bits per heavy atom. The van der Waals surface area contributed by atoms with Crippen LogP contribution in [0.2, 0.25) is 0 Å². The van der Waals surface area contributed by atoms with Crippen molar-refractivity contribution in [3.05, 3.63) is 125 Å². The summed E-state index contributed by atoms with van der Waals surface area (Å²) in [5.74, 6) is -0.401. The largest absolute Gasteiger partial charge is 0.390 e. The lowest BCUT2D eigenvalue weighted by Crippen LogP contribution is -2.48. The van der Waals surface area contributed by atoms with Gasteiger partial charge in [-0.05, 0) is 55.5 Å². The van der Waals surface area contributed by atoms with Crippen molar-refractivity contribution in [1.29, 1.82) is 0 Å². The van der Waals surface area contributed by atoms with Gasteiger partial charge >= 0.3 is 0 Å². The quantitative estimate of drug-likeness (QED) is 0.237. The Morgan fingerprint density at radius 1 is 0.976 bits per heavy atom. The zero-order valence-corrected chi connectivity index (χ0v) is 24.0. The number of aliphatic hydroxyl groups excluding tert-OH is 1. The van der Waals surface area contributed by atoms with Gasteiger partial charge in [-0.2, -0.15) is 5.10 Å². The maximum absolute atomic E-state index is 13.6. The summed E-state index contributed by atoms with van der Waals surface area (Å²) in [4.78, 5) is 29.0. The topological polar surface area (TPSA) is 99.5 Å². The summed E-state index contributed by atoms with van der Waals surface area (Å²) in [5.41, 5.74) is 4.04. The fourth-order valence-corrected chi connectivity index (χ4v) is 5.57. The number of rotatable bonds is 12. The summed E-state index contributed by atoms with van der Waals surface area (Å²) in [6.45, 7) is 4.38. The van der Waals surface area contributed by atoms with Crippen LogP contribution >= 0.6 is 0 Å². The van der Waals surface area contributed by atoms with Crippen LogP contribution in [0.25, 0.3) is 0 Å². The van der Waals surface area contributed by atoms with Gasteiger partial charge in [0.05, 0.1) is 24.4 Å². The van der Waals surface area contributed by atoms with Crippen molar-refractivity contribution in [2.75, 3.05) is 13.1 Å². The van der Waals surface area contributed by atoms with Crippen molar-refractivity contribution in [2.24, 2.45) is 0 Å². The Labute approximate surface area is 247 Å². The monoisotopic (exact) mass is 565 g/mol. The van der Waals surface area contributed by atoms with Crippen LogP contribution in [0.15, 0.2) is 97.3 Å². The molecule has 8 heteroatoms. The van der Waals surface area contributed by atoms with E-state index in [0.717, 1.165) is 36.1 Å². The third-order valence-electron chi connectivity index (χ3n) is 7.84. The molecule has 1 aliphatic heterocycles. The molecule has 0 aliphatic carbocycles. The number of aryl methyl sites for hydroxylation is 1. The lowest BCUT2D eigenvalue weighted by atomic mass is 10.00. The van der Waals surface area contributed by atoms with Gasteiger partial charge in [0, 0.05) is 49.1 Å². The molecule has 2 amide bonds. The number of carbonyl (C=O) groups excluding carboxylic acids is 2. The molecule has 1 aliphatic rings. The Bertz CT molecular complexity index is 1460. The zero-order valence-electron chi connectivity index (χ0n) is 24.0. The van der Waals surface area contributed by atoms with E-state index in [0.29, 0.717) is 37.2 Å². The zero-order chi connectivity index (χ0) is 29.3. The van der Waals surface area contributed by atoms with E-state index in [1.54, 1.807) is 24.3 Å². The van der Waals surface area contributed by atoms with Crippen LogP contribution in [0, 0.1) is 0 Å². The lowest BCUT2D eigenvalue weighted by Gasteiger charge is -2.26. The third kappa shape index (κ3) is 7.32. The normalized spacial score (nSPS) is 16.2. The SMILES string of the molecule is CCn1cc(CNCC(O)C(Cc2ccccc2)NC(=O)c2cccc(C(=O)N3CCCC3c3ccccc3)c2)cn1. The molecule has 2 heterocycles. The second-order valence-corrected chi connectivity index (χ2v) is 10.8. The fourth-order valence-electron chi connectivity index (χ4n) is 5.57. The molecule has 3 unspecified atom stereocenters. The van der Waals surface area contributed by atoms with Crippen LogP contribution in [0.1, 0.15) is 63.2 Å². The van der Waals surface area contributed by atoms with E-state index < -0.39 is 12.1 Å². The minimum absolute atomic E-state index is 0.0328. The molecule has 3 N–H and O–H groups in total. The highest BCUT2D eigenvalue weighted by Crippen LogP contribution is 2.33. The number of aliphatic hydroxyl groups is 1. The number of benzene rings is 3. The van der Waals surface area contributed by atoms with Gasteiger partial charge in [-0.3, -0.25) is 14.3 Å². The standard InChI is InChI=1S/C34H39N5O3/c1-2-38-24-26(22-36-38)21-35-23-32(40)30(19-25-11-5-3-6-12-25)37-33(41)28-15-9-16-29(20-28)34(42)39-18-10-17-31(39)27-13-7-4-8-14-27/h3-9,11-16,20,22,24,30-32,35,40H,2,10,17-19,21,23H2,1H3,(H,37,41). The van der Waals surface area contributed by atoms with E-state index in [4.69, 9.17) is 0 Å². The number of hydrogen-bond donors (Lipinski definition) is 3. The fraction of sp³-hybridized carbons (Fsp3) is 0.324. The van der Waals surface area contributed by atoms with E-state index in [1.807, 2.05) is 77.4 Å². The van der Waals surface area contributed by atoms with Gasteiger partial charge < -0.3 is 20.6 Å². The minimum Gasteiger partial charge on any atom is -0.390 e. The Balaban J connectivity index is 1.27. The highest BCUT2D eigenvalue weighted by Gasteiger charge is 2.31. The Kier molecular flexibility index (Phi) is 9.79. The summed E-state index contributed by atoms with van der Waals surface area (Å²) < 4.78 is 1.86. The predicted molar refractivity (Wildman–Crippen MR) is 163 cm³/mol. The molecule has 3 aromatic carbocycles. The average Bonchev–Trinajstić information content (AvgIpc) is 3.71. The minimum atomic E-state index is -0.837. The molecule has 5 rings (SSSR count). The second-order valence-electron chi connectivity index (χ2n) is 10.8. The van der Waals surface area contributed by atoms with Crippen LogP contribution in [-0.2, 0) is 19.5 Å². The highest BCUT2D eigenvalue weighted by molar-refractivity contribution is 6.00. The maximum Gasteiger partial charge on any atom is 0.254 e. The molecule has 42 heavy (non-hydrogen) atoms. The van der Waals surface area contributed by atoms with Crippen LogP contribution in [0.3, 0.4) is 0 Å². The van der Waals surface area contributed by atoms with Crippen LogP contribution in [0.5, 0.6) is 0 Å². The second kappa shape index (κ2) is 14.1. The van der Waals surface area contributed by atoms with Gasteiger partial charge in [-0.15, -0.1) is 0 Å². The van der Waals surface area contributed by atoms with Crippen molar-refractivity contribution in [1.82, 2.24) is 25.3 Å². The van der Waals surface area contributed by atoms with E-state index >= 15 is 0 Å². The van der Waals surface area contributed by atoms with Gasteiger partial charge in [-0.25, -0.2) is 0 Å². The van der Waals surface area contributed by atoms with Crippen molar-refractivity contribution < 1.29 is 14.7 Å². The number of nitrogens with zero attached hydrogens (tertiary/aromatic N) is 3. The lowest BCUT2D eigenvalue weighted by molar-refractivity contribution is 0.0735. The number of hydrogen-bond acceptors (Lipinski definition) is 5. The van der Waals surface area contributed by atoms with Crippen molar-refractivity contribution in [2.45, 2.75) is 57.5 Å².